The average molecular weight is 441 g/mol. The number of pyridine rings is 2. The fourth-order valence-corrected chi connectivity index (χ4v) is 5.67. The third-order valence-electron chi connectivity index (χ3n) is 7.51. The second-order valence-corrected chi connectivity index (χ2v) is 9.65. The van der Waals surface area contributed by atoms with Crippen LogP contribution in [0.15, 0.2) is 59.5 Å². The highest BCUT2D eigenvalue weighted by Gasteiger charge is 2.59. The molecule has 4 aromatic rings. The maximum atomic E-state index is 14.9. The van der Waals surface area contributed by atoms with E-state index < -0.39 is 5.95 Å². The Bertz CT molecular complexity index is 1480. The quantitative estimate of drug-likeness (QED) is 0.461. The van der Waals surface area contributed by atoms with Gasteiger partial charge < -0.3 is 15.6 Å². The van der Waals surface area contributed by atoms with E-state index in [9.17, 15) is 9.18 Å². The first-order chi connectivity index (χ1) is 15.9. The van der Waals surface area contributed by atoms with Crippen LogP contribution in [-0.2, 0) is 5.41 Å². The molecule has 6 rings (SSSR count). The van der Waals surface area contributed by atoms with Crippen LogP contribution in [0.4, 0.5) is 10.2 Å². The van der Waals surface area contributed by atoms with Gasteiger partial charge in [0.2, 0.25) is 5.95 Å². The predicted octanol–water partition coefficient (Wildman–Crippen LogP) is 4.49. The van der Waals surface area contributed by atoms with E-state index in [1.165, 1.54) is 12.0 Å². The first kappa shape index (κ1) is 20.1. The topological polar surface area (TPSA) is 75.0 Å². The highest BCUT2D eigenvalue weighted by atomic mass is 19.1. The molecule has 1 saturated carbocycles. The van der Waals surface area contributed by atoms with Gasteiger partial charge in [-0.3, -0.25) is 4.79 Å². The lowest BCUT2D eigenvalue weighted by Crippen LogP contribution is -2.22. The number of hydrogen-bond acceptors (Lipinski definition) is 4. The second kappa shape index (κ2) is 6.99. The van der Waals surface area contributed by atoms with Crippen LogP contribution in [-0.4, -0.2) is 35.0 Å². The molecule has 5 nitrogen and oxygen atoms in total. The van der Waals surface area contributed by atoms with E-state index in [2.05, 4.69) is 34.0 Å². The van der Waals surface area contributed by atoms with Crippen LogP contribution in [0.5, 0.6) is 0 Å². The van der Waals surface area contributed by atoms with E-state index in [1.54, 1.807) is 18.3 Å². The van der Waals surface area contributed by atoms with Gasteiger partial charge in [0.15, 0.2) is 0 Å². The molecule has 0 radical (unpaired) electrons. The van der Waals surface area contributed by atoms with Gasteiger partial charge in [0.05, 0.1) is 0 Å². The van der Waals surface area contributed by atoms with Crippen molar-refractivity contribution in [3.63, 3.8) is 0 Å². The van der Waals surface area contributed by atoms with Crippen LogP contribution >= 0.6 is 0 Å². The lowest BCUT2D eigenvalue weighted by Gasteiger charge is -2.17. The number of aromatic amines is 1. The molecule has 0 spiro atoms. The van der Waals surface area contributed by atoms with Crippen LogP contribution in [0.3, 0.4) is 0 Å². The van der Waals surface area contributed by atoms with Crippen molar-refractivity contribution >= 4 is 16.6 Å². The summed E-state index contributed by atoms with van der Waals surface area (Å²) in [7, 11) is 2.17. The highest BCUT2D eigenvalue weighted by molar-refractivity contribution is 5.91. The molecule has 1 saturated heterocycles. The highest BCUT2D eigenvalue weighted by Crippen LogP contribution is 2.58. The molecule has 3 N–H and O–H groups in total. The lowest BCUT2D eigenvalue weighted by molar-refractivity contribution is 0.363. The summed E-state index contributed by atoms with van der Waals surface area (Å²) in [6.07, 6.45) is 2.93. The Morgan fingerprint density at radius 1 is 1.09 bits per heavy atom. The number of hydrogen-bond donors (Lipinski definition) is 2. The maximum Gasteiger partial charge on any atom is 0.255 e. The summed E-state index contributed by atoms with van der Waals surface area (Å²) in [6.45, 7) is 4.18. The minimum Gasteiger partial charge on any atom is -0.383 e. The molecule has 3 heterocycles. The standard InChI is InChI=1S/C27H25FN4O/c1-15-12-30-26(33)20-8-5-17(9-21(15)20)23-10-22(24(28)31-25(23)29)16-3-6-18(7-4-16)27-11-19(27)13-32(2)14-27/h3-10,12,19H,11,13-14H2,1-2H3,(H2,29,31)(H,30,33)/t19-,27+/m0/s1. The van der Waals surface area contributed by atoms with Crippen LogP contribution < -0.4 is 11.3 Å². The monoisotopic (exact) mass is 440 g/mol. The van der Waals surface area contributed by atoms with Gasteiger partial charge in [-0.25, -0.2) is 4.98 Å². The SMILES string of the molecule is Cc1c[nH]c(=O)c2ccc(-c3cc(-c4ccc([C@]56C[C@H]5CN(C)C6)cc4)c(F)nc3N)cc12. The number of likely N-dealkylation sites (N-methyl/N-ethyl adjacent to an activating group) is 1. The number of nitrogens with two attached hydrogens (primary N) is 1. The van der Waals surface area contributed by atoms with Gasteiger partial charge in [-0.2, -0.15) is 4.39 Å². The fourth-order valence-electron chi connectivity index (χ4n) is 5.67. The number of anilines is 1. The summed E-state index contributed by atoms with van der Waals surface area (Å²) in [4.78, 5) is 21.3. The number of aromatic nitrogens is 2. The molecule has 0 amide bonds. The lowest BCUT2D eigenvalue weighted by atomic mass is 9.92. The number of likely N-dealkylation sites (tertiary alicyclic amines) is 1. The predicted molar refractivity (Wildman–Crippen MR) is 130 cm³/mol. The van der Waals surface area contributed by atoms with Gasteiger partial charge >= 0.3 is 0 Å². The van der Waals surface area contributed by atoms with E-state index in [4.69, 9.17) is 5.73 Å². The number of nitrogen functional groups attached to an aromatic ring is 1. The summed E-state index contributed by atoms with van der Waals surface area (Å²) >= 11 is 0. The Kier molecular flexibility index (Phi) is 4.26. The van der Waals surface area contributed by atoms with Crippen molar-refractivity contribution in [2.24, 2.45) is 5.92 Å². The Morgan fingerprint density at radius 2 is 1.85 bits per heavy atom. The van der Waals surface area contributed by atoms with Crippen molar-refractivity contribution in [3.05, 3.63) is 82.2 Å². The first-order valence-electron chi connectivity index (χ1n) is 11.2. The third-order valence-corrected chi connectivity index (χ3v) is 7.51. The van der Waals surface area contributed by atoms with Crippen molar-refractivity contribution in [2.45, 2.75) is 18.8 Å². The summed E-state index contributed by atoms with van der Waals surface area (Å²) in [5, 5.41) is 1.45. The number of nitrogens with zero attached hydrogens (tertiary/aromatic N) is 2. The van der Waals surface area contributed by atoms with Crippen molar-refractivity contribution in [1.82, 2.24) is 14.9 Å². The van der Waals surface area contributed by atoms with Crippen molar-refractivity contribution in [1.29, 1.82) is 0 Å². The molecule has 0 unspecified atom stereocenters. The Hall–Kier alpha value is -3.51. The van der Waals surface area contributed by atoms with Gasteiger partial charge in [-0.1, -0.05) is 30.3 Å². The van der Waals surface area contributed by atoms with E-state index >= 15 is 0 Å². The number of H-pyrrole nitrogens is 1. The van der Waals surface area contributed by atoms with Crippen LogP contribution in [0, 0.1) is 18.8 Å². The summed E-state index contributed by atoms with van der Waals surface area (Å²) in [5.74, 6) is 0.280. The molecule has 1 aliphatic carbocycles. The Labute approximate surface area is 191 Å². The minimum atomic E-state index is -0.583. The Balaban J connectivity index is 1.41. The second-order valence-electron chi connectivity index (χ2n) is 9.65. The zero-order chi connectivity index (χ0) is 22.9. The van der Waals surface area contributed by atoms with Gasteiger partial charge in [-0.15, -0.1) is 0 Å². The molecule has 2 aromatic heterocycles. The molecular formula is C27H25FN4O. The number of piperidine rings is 1. The van der Waals surface area contributed by atoms with Gasteiger partial charge in [0.25, 0.3) is 5.56 Å². The molecule has 33 heavy (non-hydrogen) atoms. The van der Waals surface area contributed by atoms with Gasteiger partial charge in [-0.05, 0) is 72.1 Å². The number of rotatable bonds is 3. The first-order valence-corrected chi connectivity index (χ1v) is 11.2. The summed E-state index contributed by atoms with van der Waals surface area (Å²) in [6, 6.07) is 15.5. The largest absolute Gasteiger partial charge is 0.383 e. The molecule has 2 aromatic carbocycles. The maximum absolute atomic E-state index is 14.9. The molecular weight excluding hydrogens is 415 g/mol. The number of fused-ring (bicyclic) bond motifs is 2. The van der Waals surface area contributed by atoms with Crippen LogP contribution in [0.25, 0.3) is 33.0 Å². The molecule has 2 atom stereocenters. The molecule has 0 bridgehead atoms. The van der Waals surface area contributed by atoms with Crippen LogP contribution in [0.1, 0.15) is 17.5 Å². The number of aryl methyl sites for hydroxylation is 1. The van der Waals surface area contributed by atoms with Crippen molar-refractivity contribution in [2.75, 3.05) is 25.9 Å². The van der Waals surface area contributed by atoms with E-state index in [0.717, 1.165) is 41.1 Å². The normalized spacial score (nSPS) is 22.0. The Morgan fingerprint density at radius 3 is 2.58 bits per heavy atom. The number of benzene rings is 2. The number of halogens is 1. The van der Waals surface area contributed by atoms with E-state index in [1.807, 2.05) is 31.2 Å². The average Bonchev–Trinajstić information content (AvgIpc) is 3.38. The molecule has 2 aliphatic rings. The zero-order valence-electron chi connectivity index (χ0n) is 18.7. The van der Waals surface area contributed by atoms with Gasteiger partial charge in [0.1, 0.15) is 5.82 Å². The van der Waals surface area contributed by atoms with Gasteiger partial charge in [0, 0.05) is 41.2 Å². The molecule has 6 heteroatoms. The zero-order valence-corrected chi connectivity index (χ0v) is 18.7. The van der Waals surface area contributed by atoms with Crippen molar-refractivity contribution < 1.29 is 4.39 Å². The van der Waals surface area contributed by atoms with Crippen LogP contribution in [0.2, 0.25) is 0 Å². The smallest absolute Gasteiger partial charge is 0.255 e. The summed E-state index contributed by atoms with van der Waals surface area (Å²) < 4.78 is 14.9. The van der Waals surface area contributed by atoms with E-state index in [0.29, 0.717) is 16.5 Å². The molecule has 166 valence electrons. The molecule has 2 fully saturated rings. The number of nitrogens with one attached hydrogen (secondary N) is 1. The fraction of sp³-hybridized carbons (Fsp3) is 0.259. The molecule has 1 aliphatic heterocycles. The minimum absolute atomic E-state index is 0.128. The third kappa shape index (κ3) is 3.09. The van der Waals surface area contributed by atoms with E-state index in [-0.39, 0.29) is 16.8 Å². The summed E-state index contributed by atoms with van der Waals surface area (Å²) in [5.41, 5.74) is 11.2. The van der Waals surface area contributed by atoms with Crippen molar-refractivity contribution in [3.8, 4) is 22.3 Å².